The molecule has 2 aromatic heterocycles. The summed E-state index contributed by atoms with van der Waals surface area (Å²) < 4.78 is 1.75. The minimum atomic E-state index is -0.833. The molecule has 1 aliphatic heterocycles. The topological polar surface area (TPSA) is 67.5 Å². The van der Waals surface area contributed by atoms with Gasteiger partial charge in [-0.15, -0.1) is 11.3 Å². The van der Waals surface area contributed by atoms with Crippen LogP contribution in [0.1, 0.15) is 11.3 Å². The molecular formula is C17H13N3O2S2. The van der Waals surface area contributed by atoms with Gasteiger partial charge in [-0.25, -0.2) is 9.66 Å². The average molecular weight is 355 g/mol. The number of hydrogen-bond acceptors (Lipinski definition) is 5. The molecule has 0 bridgehead atoms. The molecule has 0 saturated carbocycles. The van der Waals surface area contributed by atoms with E-state index >= 15 is 0 Å². The van der Waals surface area contributed by atoms with Gasteiger partial charge in [0, 0.05) is 5.56 Å². The van der Waals surface area contributed by atoms with E-state index in [-0.39, 0.29) is 11.7 Å². The molecular weight excluding hydrogens is 342 g/mol. The maximum atomic E-state index is 11.2. The molecule has 1 aromatic carbocycles. The SMILES string of the molecule is O=C(O)CC1Sc2nc(-c3ccccc3)cn2N=C1c1cccs1. The van der Waals surface area contributed by atoms with Crippen molar-refractivity contribution in [1.82, 2.24) is 9.66 Å². The largest absolute Gasteiger partial charge is 0.481 e. The monoisotopic (exact) mass is 355 g/mol. The van der Waals surface area contributed by atoms with Crippen molar-refractivity contribution < 1.29 is 9.90 Å². The molecule has 0 fully saturated rings. The van der Waals surface area contributed by atoms with Crippen molar-refractivity contribution in [2.75, 3.05) is 0 Å². The standard InChI is InChI=1S/C17H13N3O2S2/c21-15(22)9-14-16(13-7-4-8-23-13)19-20-10-12(18-17(20)24-14)11-5-2-1-3-6-11/h1-8,10,14H,9H2,(H,21,22). The summed E-state index contributed by atoms with van der Waals surface area (Å²) in [5, 5.41) is 16.3. The number of carboxylic acid groups (broad SMARTS) is 1. The Bertz CT molecular complexity index is 901. The van der Waals surface area contributed by atoms with Crippen molar-refractivity contribution in [3.8, 4) is 11.3 Å². The third-order valence-electron chi connectivity index (χ3n) is 3.63. The van der Waals surface area contributed by atoms with Crippen LogP contribution in [0.5, 0.6) is 0 Å². The van der Waals surface area contributed by atoms with Crippen molar-refractivity contribution in [1.29, 1.82) is 0 Å². The normalized spacial score (nSPS) is 16.5. The molecule has 1 unspecified atom stereocenters. The van der Waals surface area contributed by atoms with Gasteiger partial charge >= 0.3 is 5.97 Å². The van der Waals surface area contributed by atoms with Crippen molar-refractivity contribution in [3.05, 3.63) is 58.9 Å². The summed E-state index contributed by atoms with van der Waals surface area (Å²) in [6.07, 6.45) is 1.91. The van der Waals surface area contributed by atoms with E-state index in [0.29, 0.717) is 0 Å². The van der Waals surface area contributed by atoms with Crippen molar-refractivity contribution in [3.63, 3.8) is 0 Å². The molecule has 0 saturated heterocycles. The average Bonchev–Trinajstić information content (AvgIpc) is 3.23. The summed E-state index contributed by atoms with van der Waals surface area (Å²) in [6.45, 7) is 0. The first-order chi connectivity index (χ1) is 11.7. The number of carboxylic acids is 1. The zero-order chi connectivity index (χ0) is 16.5. The first-order valence-electron chi connectivity index (χ1n) is 7.37. The van der Waals surface area contributed by atoms with Gasteiger partial charge in [0.2, 0.25) is 0 Å². The maximum Gasteiger partial charge on any atom is 0.304 e. The zero-order valence-electron chi connectivity index (χ0n) is 12.5. The molecule has 1 N–H and O–H groups in total. The highest BCUT2D eigenvalue weighted by atomic mass is 32.2. The quantitative estimate of drug-likeness (QED) is 0.773. The lowest BCUT2D eigenvalue weighted by molar-refractivity contribution is -0.136. The van der Waals surface area contributed by atoms with Gasteiger partial charge < -0.3 is 5.11 Å². The minimum absolute atomic E-state index is 0.0227. The summed E-state index contributed by atoms with van der Waals surface area (Å²) in [6, 6.07) is 13.8. The van der Waals surface area contributed by atoms with E-state index in [1.54, 1.807) is 16.0 Å². The van der Waals surface area contributed by atoms with E-state index in [4.69, 9.17) is 0 Å². The van der Waals surface area contributed by atoms with E-state index in [2.05, 4.69) is 10.1 Å². The van der Waals surface area contributed by atoms with Gasteiger partial charge in [-0.3, -0.25) is 4.79 Å². The molecule has 7 heteroatoms. The van der Waals surface area contributed by atoms with Gasteiger partial charge in [0.05, 0.1) is 34.2 Å². The van der Waals surface area contributed by atoms with Crippen LogP contribution in [0, 0.1) is 0 Å². The number of rotatable bonds is 4. The lowest BCUT2D eigenvalue weighted by atomic mass is 10.1. The maximum absolute atomic E-state index is 11.2. The molecule has 3 aromatic rings. The van der Waals surface area contributed by atoms with Gasteiger partial charge in [0.1, 0.15) is 0 Å². The van der Waals surface area contributed by atoms with Crippen LogP contribution in [0.25, 0.3) is 11.3 Å². The van der Waals surface area contributed by atoms with Crippen molar-refractivity contribution in [2.24, 2.45) is 5.10 Å². The van der Waals surface area contributed by atoms with Gasteiger partial charge in [0.25, 0.3) is 0 Å². The fraction of sp³-hybridized carbons (Fsp3) is 0.118. The molecule has 1 atom stereocenters. The Kier molecular flexibility index (Phi) is 3.95. The van der Waals surface area contributed by atoms with Crippen LogP contribution >= 0.6 is 23.1 Å². The minimum Gasteiger partial charge on any atom is -0.481 e. The molecule has 0 spiro atoms. The Morgan fingerprint density at radius 2 is 2.04 bits per heavy atom. The fourth-order valence-electron chi connectivity index (χ4n) is 2.55. The van der Waals surface area contributed by atoms with Crippen LogP contribution in [0.2, 0.25) is 0 Å². The molecule has 0 aliphatic carbocycles. The number of hydrogen-bond donors (Lipinski definition) is 1. The summed E-state index contributed by atoms with van der Waals surface area (Å²) in [7, 11) is 0. The smallest absolute Gasteiger partial charge is 0.304 e. The van der Waals surface area contributed by atoms with Crippen LogP contribution in [-0.4, -0.2) is 31.7 Å². The first kappa shape index (κ1) is 15.2. The summed E-state index contributed by atoms with van der Waals surface area (Å²) >= 11 is 3.02. The predicted octanol–water partition coefficient (Wildman–Crippen LogP) is 3.81. The number of fused-ring (bicyclic) bond motifs is 1. The molecule has 24 heavy (non-hydrogen) atoms. The third kappa shape index (κ3) is 2.88. The molecule has 3 heterocycles. The van der Waals surface area contributed by atoms with Crippen LogP contribution in [0.4, 0.5) is 0 Å². The molecule has 5 nitrogen and oxygen atoms in total. The number of imidazole rings is 1. The highest BCUT2D eigenvalue weighted by Crippen LogP contribution is 2.35. The summed E-state index contributed by atoms with van der Waals surface area (Å²) in [5.41, 5.74) is 2.65. The Labute approximate surface area is 146 Å². The van der Waals surface area contributed by atoms with Gasteiger partial charge in [-0.2, -0.15) is 5.10 Å². The Morgan fingerprint density at radius 1 is 1.21 bits per heavy atom. The van der Waals surface area contributed by atoms with E-state index in [1.807, 2.05) is 54.0 Å². The van der Waals surface area contributed by atoms with E-state index < -0.39 is 5.97 Å². The zero-order valence-corrected chi connectivity index (χ0v) is 14.1. The number of nitrogens with zero attached hydrogens (tertiary/aromatic N) is 3. The molecule has 0 radical (unpaired) electrons. The lowest BCUT2D eigenvalue weighted by Gasteiger charge is -2.20. The summed E-state index contributed by atoms with van der Waals surface area (Å²) in [5.74, 6) is -0.833. The highest BCUT2D eigenvalue weighted by molar-refractivity contribution is 8.00. The predicted molar refractivity (Wildman–Crippen MR) is 95.8 cm³/mol. The first-order valence-corrected chi connectivity index (χ1v) is 9.12. The van der Waals surface area contributed by atoms with E-state index in [9.17, 15) is 9.90 Å². The Balaban J connectivity index is 1.76. The van der Waals surface area contributed by atoms with Crippen LogP contribution in [0.15, 0.2) is 64.3 Å². The van der Waals surface area contributed by atoms with Gasteiger partial charge in [0.15, 0.2) is 5.16 Å². The molecule has 0 amide bonds. The number of benzene rings is 1. The number of aromatic nitrogens is 2. The van der Waals surface area contributed by atoms with Gasteiger partial charge in [-0.05, 0) is 11.4 Å². The summed E-state index contributed by atoms with van der Waals surface area (Å²) in [4.78, 5) is 16.8. The number of carbonyl (C=O) groups is 1. The van der Waals surface area contributed by atoms with Crippen LogP contribution in [-0.2, 0) is 4.79 Å². The highest BCUT2D eigenvalue weighted by Gasteiger charge is 2.29. The number of thioether (sulfide) groups is 1. The fourth-order valence-corrected chi connectivity index (χ4v) is 4.50. The molecule has 4 rings (SSSR count). The number of thiophene rings is 1. The third-order valence-corrected chi connectivity index (χ3v) is 5.68. The second kappa shape index (κ2) is 6.26. The van der Waals surface area contributed by atoms with E-state index in [0.717, 1.165) is 27.0 Å². The lowest BCUT2D eigenvalue weighted by Crippen LogP contribution is -2.25. The Hall–Kier alpha value is -2.38. The van der Waals surface area contributed by atoms with Crippen molar-refractivity contribution in [2.45, 2.75) is 16.8 Å². The van der Waals surface area contributed by atoms with Crippen LogP contribution < -0.4 is 0 Å². The van der Waals surface area contributed by atoms with Crippen molar-refractivity contribution >= 4 is 34.8 Å². The van der Waals surface area contributed by atoms with Crippen LogP contribution in [0.3, 0.4) is 0 Å². The molecule has 1 aliphatic rings. The second-order valence-electron chi connectivity index (χ2n) is 5.29. The van der Waals surface area contributed by atoms with E-state index in [1.165, 1.54) is 11.8 Å². The Morgan fingerprint density at radius 3 is 2.75 bits per heavy atom. The second-order valence-corrected chi connectivity index (χ2v) is 7.40. The molecule has 120 valence electrons. The van der Waals surface area contributed by atoms with Gasteiger partial charge in [-0.1, -0.05) is 48.2 Å². The number of aliphatic carboxylic acids is 1.